The molecule has 1 heterocycles. The standard InChI is InChI=1S/C16H24FN3O/c1-12(10-18)16(21)19-15-6-8-20(9-7-15)11-13-2-4-14(17)5-3-13/h2-5,12,15H,6-11,18H2,1H3,(H,19,21). The van der Waals surface area contributed by atoms with Crippen molar-refractivity contribution in [3.8, 4) is 0 Å². The van der Waals surface area contributed by atoms with Crippen LogP contribution in [0, 0.1) is 11.7 Å². The van der Waals surface area contributed by atoms with Gasteiger partial charge in [0.25, 0.3) is 0 Å². The van der Waals surface area contributed by atoms with Crippen LogP contribution in [-0.2, 0) is 11.3 Å². The van der Waals surface area contributed by atoms with Crippen molar-refractivity contribution in [3.05, 3.63) is 35.6 Å². The Kier molecular flexibility index (Phi) is 5.70. The summed E-state index contributed by atoms with van der Waals surface area (Å²) in [4.78, 5) is 14.1. The fourth-order valence-electron chi connectivity index (χ4n) is 2.53. The molecule has 0 aliphatic carbocycles. The highest BCUT2D eigenvalue weighted by molar-refractivity contribution is 5.78. The van der Waals surface area contributed by atoms with E-state index in [0.717, 1.165) is 38.0 Å². The number of piperidine rings is 1. The summed E-state index contributed by atoms with van der Waals surface area (Å²) in [5, 5.41) is 3.07. The van der Waals surface area contributed by atoms with Crippen LogP contribution < -0.4 is 11.1 Å². The average molecular weight is 293 g/mol. The highest BCUT2D eigenvalue weighted by Gasteiger charge is 2.22. The van der Waals surface area contributed by atoms with Gasteiger partial charge in [0, 0.05) is 38.1 Å². The van der Waals surface area contributed by atoms with Gasteiger partial charge in [-0.2, -0.15) is 0 Å². The maximum atomic E-state index is 12.9. The van der Waals surface area contributed by atoms with E-state index in [1.54, 1.807) is 0 Å². The van der Waals surface area contributed by atoms with Crippen molar-refractivity contribution in [1.29, 1.82) is 0 Å². The largest absolute Gasteiger partial charge is 0.353 e. The topological polar surface area (TPSA) is 58.4 Å². The Balaban J connectivity index is 1.75. The number of hydrogen-bond acceptors (Lipinski definition) is 3. The van der Waals surface area contributed by atoms with Crippen molar-refractivity contribution in [2.45, 2.75) is 32.4 Å². The fourth-order valence-corrected chi connectivity index (χ4v) is 2.53. The number of carbonyl (C=O) groups is 1. The predicted molar refractivity (Wildman–Crippen MR) is 81.1 cm³/mol. The van der Waals surface area contributed by atoms with Crippen LogP contribution in [0.1, 0.15) is 25.3 Å². The van der Waals surface area contributed by atoms with Crippen LogP contribution in [0.15, 0.2) is 24.3 Å². The van der Waals surface area contributed by atoms with Gasteiger partial charge in [0.1, 0.15) is 5.82 Å². The zero-order valence-electron chi connectivity index (χ0n) is 12.5. The number of carbonyl (C=O) groups excluding carboxylic acids is 1. The first kappa shape index (κ1) is 15.9. The smallest absolute Gasteiger partial charge is 0.224 e. The lowest BCUT2D eigenvalue weighted by Crippen LogP contribution is -2.46. The highest BCUT2D eigenvalue weighted by atomic mass is 19.1. The maximum Gasteiger partial charge on any atom is 0.224 e. The first-order valence-corrected chi connectivity index (χ1v) is 7.55. The van der Waals surface area contributed by atoms with Crippen molar-refractivity contribution in [2.75, 3.05) is 19.6 Å². The molecule has 0 radical (unpaired) electrons. The third-order valence-electron chi connectivity index (χ3n) is 4.05. The van der Waals surface area contributed by atoms with E-state index < -0.39 is 0 Å². The van der Waals surface area contributed by atoms with Gasteiger partial charge in [0.15, 0.2) is 0 Å². The minimum Gasteiger partial charge on any atom is -0.353 e. The molecule has 0 saturated carbocycles. The highest BCUT2D eigenvalue weighted by Crippen LogP contribution is 2.14. The third-order valence-corrected chi connectivity index (χ3v) is 4.05. The summed E-state index contributed by atoms with van der Waals surface area (Å²) in [5.41, 5.74) is 6.62. The molecule has 1 saturated heterocycles. The molecule has 3 N–H and O–H groups in total. The lowest BCUT2D eigenvalue weighted by Gasteiger charge is -2.32. The lowest BCUT2D eigenvalue weighted by atomic mass is 10.0. The van der Waals surface area contributed by atoms with Crippen LogP contribution >= 0.6 is 0 Å². The zero-order valence-corrected chi connectivity index (χ0v) is 12.5. The first-order valence-electron chi connectivity index (χ1n) is 7.55. The number of halogens is 1. The molecule has 1 fully saturated rings. The number of nitrogens with two attached hydrogens (primary N) is 1. The van der Waals surface area contributed by atoms with Gasteiger partial charge in [0.2, 0.25) is 5.91 Å². The maximum absolute atomic E-state index is 12.9. The Morgan fingerprint density at radius 3 is 2.57 bits per heavy atom. The summed E-state index contributed by atoms with van der Waals surface area (Å²) in [7, 11) is 0. The summed E-state index contributed by atoms with van der Waals surface area (Å²) in [6, 6.07) is 6.89. The van der Waals surface area contributed by atoms with E-state index in [-0.39, 0.29) is 23.7 Å². The van der Waals surface area contributed by atoms with Gasteiger partial charge in [-0.3, -0.25) is 9.69 Å². The molecule has 1 aromatic rings. The minimum absolute atomic E-state index is 0.0504. The summed E-state index contributed by atoms with van der Waals surface area (Å²) >= 11 is 0. The van der Waals surface area contributed by atoms with Crippen molar-refractivity contribution >= 4 is 5.91 Å². The second-order valence-electron chi connectivity index (χ2n) is 5.82. The number of nitrogens with one attached hydrogen (secondary N) is 1. The lowest BCUT2D eigenvalue weighted by molar-refractivity contribution is -0.125. The normalized spacial score (nSPS) is 18.4. The van der Waals surface area contributed by atoms with Gasteiger partial charge in [-0.25, -0.2) is 4.39 Å². The number of nitrogens with zero attached hydrogens (tertiary/aromatic N) is 1. The third kappa shape index (κ3) is 4.79. The van der Waals surface area contributed by atoms with Crippen LogP contribution in [0.2, 0.25) is 0 Å². The molecule has 1 amide bonds. The second kappa shape index (κ2) is 7.52. The molecule has 1 aliphatic rings. The van der Waals surface area contributed by atoms with Gasteiger partial charge < -0.3 is 11.1 Å². The molecule has 0 bridgehead atoms. The minimum atomic E-state index is -0.200. The number of benzene rings is 1. The van der Waals surface area contributed by atoms with Gasteiger partial charge in [-0.15, -0.1) is 0 Å². The second-order valence-corrected chi connectivity index (χ2v) is 5.82. The quantitative estimate of drug-likeness (QED) is 0.865. The van der Waals surface area contributed by atoms with E-state index in [4.69, 9.17) is 5.73 Å². The molecule has 1 aromatic carbocycles. The number of hydrogen-bond donors (Lipinski definition) is 2. The van der Waals surface area contributed by atoms with E-state index in [0.29, 0.717) is 6.54 Å². The molecule has 1 aliphatic heterocycles. The molecule has 21 heavy (non-hydrogen) atoms. The van der Waals surface area contributed by atoms with Gasteiger partial charge in [0.05, 0.1) is 0 Å². The van der Waals surface area contributed by atoms with Crippen LogP contribution in [0.4, 0.5) is 4.39 Å². The Morgan fingerprint density at radius 1 is 1.38 bits per heavy atom. The van der Waals surface area contributed by atoms with Crippen molar-refractivity contribution in [2.24, 2.45) is 11.7 Å². The molecule has 116 valence electrons. The molecule has 1 atom stereocenters. The van der Waals surface area contributed by atoms with E-state index in [9.17, 15) is 9.18 Å². The van der Waals surface area contributed by atoms with Gasteiger partial charge in [-0.05, 0) is 30.5 Å². The van der Waals surface area contributed by atoms with E-state index >= 15 is 0 Å². The summed E-state index contributed by atoms with van der Waals surface area (Å²) in [6.07, 6.45) is 1.90. The van der Waals surface area contributed by atoms with Crippen LogP contribution in [-0.4, -0.2) is 36.5 Å². The molecule has 1 unspecified atom stereocenters. The van der Waals surface area contributed by atoms with E-state index in [1.165, 1.54) is 12.1 Å². The van der Waals surface area contributed by atoms with Crippen molar-refractivity contribution in [1.82, 2.24) is 10.2 Å². The SMILES string of the molecule is CC(CN)C(=O)NC1CCN(Cc2ccc(F)cc2)CC1. The van der Waals surface area contributed by atoms with Gasteiger partial charge >= 0.3 is 0 Å². The number of rotatable bonds is 5. The molecule has 4 nitrogen and oxygen atoms in total. The first-order chi connectivity index (χ1) is 10.1. The predicted octanol–water partition coefficient (Wildman–Crippen LogP) is 1.50. The summed E-state index contributed by atoms with van der Waals surface area (Å²) in [6.45, 7) is 4.95. The zero-order chi connectivity index (χ0) is 15.2. The van der Waals surface area contributed by atoms with Gasteiger partial charge in [-0.1, -0.05) is 19.1 Å². The molecule has 0 aromatic heterocycles. The van der Waals surface area contributed by atoms with Crippen molar-refractivity contribution < 1.29 is 9.18 Å². The van der Waals surface area contributed by atoms with Crippen LogP contribution in [0.5, 0.6) is 0 Å². The number of likely N-dealkylation sites (tertiary alicyclic amines) is 1. The van der Waals surface area contributed by atoms with Crippen molar-refractivity contribution in [3.63, 3.8) is 0 Å². The fraction of sp³-hybridized carbons (Fsp3) is 0.562. The Labute approximate surface area is 125 Å². The molecule has 2 rings (SSSR count). The van der Waals surface area contributed by atoms with Crippen LogP contribution in [0.3, 0.4) is 0 Å². The summed E-state index contributed by atoms with van der Waals surface area (Å²) in [5.74, 6) is -0.272. The molecule has 5 heteroatoms. The Hall–Kier alpha value is -1.46. The van der Waals surface area contributed by atoms with E-state index in [1.807, 2.05) is 19.1 Å². The molecular weight excluding hydrogens is 269 g/mol. The Morgan fingerprint density at radius 2 is 2.00 bits per heavy atom. The monoisotopic (exact) mass is 293 g/mol. The van der Waals surface area contributed by atoms with Crippen LogP contribution in [0.25, 0.3) is 0 Å². The molecule has 0 spiro atoms. The Bertz CT molecular complexity index is 455. The van der Waals surface area contributed by atoms with E-state index in [2.05, 4.69) is 10.2 Å². The average Bonchev–Trinajstić information content (AvgIpc) is 2.50. The summed E-state index contributed by atoms with van der Waals surface area (Å²) < 4.78 is 12.9. The molecular formula is C16H24FN3O. The number of amides is 1.